The van der Waals surface area contributed by atoms with Crippen molar-refractivity contribution in [1.82, 2.24) is 0 Å². The molecule has 0 aliphatic carbocycles. The Morgan fingerprint density at radius 3 is 2.40 bits per heavy atom. The Labute approximate surface area is 94.8 Å². The molecule has 15 heavy (non-hydrogen) atoms. The molecule has 0 heterocycles. The van der Waals surface area contributed by atoms with Gasteiger partial charge in [0.15, 0.2) is 0 Å². The SMILES string of the molecule is C#CC(ON=C)c1ccc(C#N)cc1.Cl. The smallest absolute Gasteiger partial charge is 0.212 e. The van der Waals surface area contributed by atoms with Crippen molar-refractivity contribution in [3.05, 3.63) is 35.4 Å². The van der Waals surface area contributed by atoms with Crippen LogP contribution in [0.1, 0.15) is 17.2 Å². The van der Waals surface area contributed by atoms with Crippen molar-refractivity contribution in [2.75, 3.05) is 0 Å². The van der Waals surface area contributed by atoms with Crippen molar-refractivity contribution in [3.63, 3.8) is 0 Å². The zero-order valence-corrected chi connectivity index (χ0v) is 8.70. The molecule has 0 radical (unpaired) electrons. The molecule has 0 saturated heterocycles. The van der Waals surface area contributed by atoms with Crippen LogP contribution in [0.25, 0.3) is 0 Å². The van der Waals surface area contributed by atoms with Gasteiger partial charge >= 0.3 is 0 Å². The number of nitriles is 1. The number of benzene rings is 1. The van der Waals surface area contributed by atoms with Crippen molar-refractivity contribution in [1.29, 1.82) is 5.26 Å². The second kappa shape index (κ2) is 6.48. The molecule has 0 fully saturated rings. The summed E-state index contributed by atoms with van der Waals surface area (Å²) in [5.41, 5.74) is 1.36. The summed E-state index contributed by atoms with van der Waals surface area (Å²) in [5.74, 6) is 2.42. The molecule has 0 saturated carbocycles. The molecule has 3 nitrogen and oxygen atoms in total. The van der Waals surface area contributed by atoms with Crippen molar-refractivity contribution in [2.45, 2.75) is 6.10 Å². The first-order chi connectivity index (χ1) is 6.81. The van der Waals surface area contributed by atoms with Gasteiger partial charge in [-0.25, -0.2) is 0 Å². The van der Waals surface area contributed by atoms with E-state index in [0.717, 1.165) is 5.56 Å². The number of oxime groups is 1. The number of hydrogen-bond donors (Lipinski definition) is 0. The lowest BCUT2D eigenvalue weighted by Gasteiger charge is -2.07. The fourth-order valence-corrected chi connectivity index (χ4v) is 0.994. The van der Waals surface area contributed by atoms with E-state index in [4.69, 9.17) is 16.5 Å². The molecule has 1 atom stereocenters. The van der Waals surface area contributed by atoms with Crippen LogP contribution in [0.2, 0.25) is 0 Å². The molecule has 0 aliphatic rings. The summed E-state index contributed by atoms with van der Waals surface area (Å²) in [5, 5.41) is 11.8. The fourth-order valence-electron chi connectivity index (χ4n) is 0.994. The minimum atomic E-state index is -0.541. The van der Waals surface area contributed by atoms with E-state index in [-0.39, 0.29) is 12.4 Å². The van der Waals surface area contributed by atoms with Gasteiger partial charge in [0.25, 0.3) is 0 Å². The molecule has 1 unspecified atom stereocenters. The molecular formula is C11H9ClN2O. The van der Waals surface area contributed by atoms with Crippen molar-refractivity contribution in [2.24, 2.45) is 5.16 Å². The van der Waals surface area contributed by atoms with Crippen LogP contribution in [0.3, 0.4) is 0 Å². The highest BCUT2D eigenvalue weighted by atomic mass is 35.5. The van der Waals surface area contributed by atoms with Crippen LogP contribution in [0.15, 0.2) is 29.4 Å². The maximum atomic E-state index is 8.58. The Morgan fingerprint density at radius 2 is 2.00 bits per heavy atom. The Hall–Kier alpha value is -1.97. The predicted molar refractivity (Wildman–Crippen MR) is 60.6 cm³/mol. The summed E-state index contributed by atoms with van der Waals surface area (Å²) in [7, 11) is 0. The van der Waals surface area contributed by atoms with Crippen LogP contribution in [-0.2, 0) is 4.84 Å². The average molecular weight is 221 g/mol. The molecule has 0 aliphatic heterocycles. The normalized spacial score (nSPS) is 10.0. The lowest BCUT2D eigenvalue weighted by molar-refractivity contribution is 0.102. The second-order valence-electron chi connectivity index (χ2n) is 2.52. The predicted octanol–water partition coefficient (Wildman–Crippen LogP) is 2.29. The highest BCUT2D eigenvalue weighted by Gasteiger charge is 2.07. The van der Waals surface area contributed by atoms with E-state index in [9.17, 15) is 0 Å². The summed E-state index contributed by atoms with van der Waals surface area (Å²) in [6.45, 7) is 3.19. The van der Waals surface area contributed by atoms with Gasteiger partial charge in [-0.15, -0.1) is 24.0 Å². The summed E-state index contributed by atoms with van der Waals surface area (Å²) in [6.07, 6.45) is 4.69. The molecule has 0 bridgehead atoms. The van der Waals surface area contributed by atoms with E-state index >= 15 is 0 Å². The van der Waals surface area contributed by atoms with Crippen LogP contribution >= 0.6 is 12.4 Å². The van der Waals surface area contributed by atoms with E-state index in [1.54, 1.807) is 24.3 Å². The van der Waals surface area contributed by atoms with Gasteiger partial charge in [-0.1, -0.05) is 18.1 Å². The standard InChI is InChI=1S/C11H8N2O.ClH/c1-3-11(14-13-2)10-6-4-9(8-12)5-7-10;/h1,4-7,11H,2H2;1H. The van der Waals surface area contributed by atoms with Gasteiger partial charge < -0.3 is 4.84 Å². The molecule has 1 rings (SSSR count). The van der Waals surface area contributed by atoms with Gasteiger partial charge in [0.1, 0.15) is 0 Å². The second-order valence-corrected chi connectivity index (χ2v) is 2.52. The highest BCUT2D eigenvalue weighted by Crippen LogP contribution is 2.16. The first-order valence-corrected chi connectivity index (χ1v) is 3.90. The van der Waals surface area contributed by atoms with E-state index in [2.05, 4.69) is 17.8 Å². The molecule has 1 aromatic rings. The van der Waals surface area contributed by atoms with E-state index in [1.807, 2.05) is 6.07 Å². The van der Waals surface area contributed by atoms with E-state index in [0.29, 0.717) is 5.56 Å². The number of rotatable bonds is 3. The van der Waals surface area contributed by atoms with E-state index in [1.165, 1.54) is 0 Å². The number of nitrogens with zero attached hydrogens (tertiary/aromatic N) is 2. The zero-order chi connectivity index (χ0) is 10.4. The van der Waals surface area contributed by atoms with E-state index < -0.39 is 6.10 Å². The summed E-state index contributed by atoms with van der Waals surface area (Å²) in [6, 6.07) is 8.82. The molecule has 0 spiro atoms. The minimum Gasteiger partial charge on any atom is -0.375 e. The molecule has 0 amide bonds. The summed E-state index contributed by atoms with van der Waals surface area (Å²) in [4.78, 5) is 4.85. The van der Waals surface area contributed by atoms with Gasteiger partial charge in [0, 0.05) is 12.3 Å². The third-order valence-electron chi connectivity index (χ3n) is 1.67. The lowest BCUT2D eigenvalue weighted by atomic mass is 10.1. The minimum absolute atomic E-state index is 0. The summed E-state index contributed by atoms with van der Waals surface area (Å²) >= 11 is 0. The Balaban J connectivity index is 0.00000196. The van der Waals surface area contributed by atoms with Gasteiger partial charge in [0.05, 0.1) is 11.6 Å². The van der Waals surface area contributed by atoms with Crippen LogP contribution in [0.4, 0.5) is 0 Å². The van der Waals surface area contributed by atoms with Crippen LogP contribution < -0.4 is 0 Å². The largest absolute Gasteiger partial charge is 0.375 e. The van der Waals surface area contributed by atoms with Crippen molar-refractivity contribution in [3.8, 4) is 18.4 Å². The van der Waals surface area contributed by atoms with Crippen molar-refractivity contribution < 1.29 is 4.84 Å². The lowest BCUT2D eigenvalue weighted by Crippen LogP contribution is -1.96. The topological polar surface area (TPSA) is 45.4 Å². The fraction of sp³-hybridized carbons (Fsp3) is 0.0909. The quantitative estimate of drug-likeness (QED) is 0.446. The molecule has 1 aromatic carbocycles. The molecule has 0 aromatic heterocycles. The Morgan fingerprint density at radius 1 is 1.40 bits per heavy atom. The van der Waals surface area contributed by atoms with Gasteiger partial charge in [-0.2, -0.15) is 5.26 Å². The Kier molecular flexibility index (Phi) is 5.63. The zero-order valence-electron chi connectivity index (χ0n) is 7.88. The van der Waals surface area contributed by atoms with Crippen LogP contribution in [-0.4, -0.2) is 6.72 Å². The first-order valence-electron chi connectivity index (χ1n) is 3.90. The van der Waals surface area contributed by atoms with Crippen LogP contribution in [0.5, 0.6) is 0 Å². The van der Waals surface area contributed by atoms with Gasteiger partial charge in [-0.3, -0.25) is 0 Å². The molecular weight excluding hydrogens is 212 g/mol. The Bertz CT molecular complexity index is 400. The molecule has 0 N–H and O–H groups in total. The summed E-state index contributed by atoms with van der Waals surface area (Å²) < 4.78 is 0. The third kappa shape index (κ3) is 3.34. The van der Waals surface area contributed by atoms with Crippen LogP contribution in [0, 0.1) is 23.7 Å². The maximum absolute atomic E-state index is 8.58. The number of halogens is 1. The third-order valence-corrected chi connectivity index (χ3v) is 1.67. The highest BCUT2D eigenvalue weighted by molar-refractivity contribution is 5.85. The molecule has 4 heteroatoms. The maximum Gasteiger partial charge on any atom is 0.212 e. The molecule has 76 valence electrons. The van der Waals surface area contributed by atoms with Crippen molar-refractivity contribution >= 4 is 19.1 Å². The first kappa shape index (κ1) is 13.0. The van der Waals surface area contributed by atoms with Gasteiger partial charge in [-0.05, 0) is 12.1 Å². The number of terminal acetylenes is 1. The number of hydrogen-bond acceptors (Lipinski definition) is 3. The average Bonchev–Trinajstić information content (AvgIpc) is 2.26. The van der Waals surface area contributed by atoms with Gasteiger partial charge in [0.2, 0.25) is 6.10 Å². The monoisotopic (exact) mass is 220 g/mol.